The fourth-order valence-electron chi connectivity index (χ4n) is 1.71. The van der Waals surface area contributed by atoms with Gasteiger partial charge in [0.05, 0.1) is 12.8 Å². The van der Waals surface area contributed by atoms with E-state index in [0.717, 1.165) is 5.76 Å². The predicted octanol–water partition coefficient (Wildman–Crippen LogP) is 2.43. The number of aryl methyl sites for hydroxylation is 1. The number of carbonyl (C=O) groups excluding carboxylic acids is 1. The highest BCUT2D eigenvalue weighted by atomic mass is 16.5. The molecule has 2 aromatic rings. The molecule has 1 aromatic carbocycles. The minimum absolute atomic E-state index is 0.0952. The van der Waals surface area contributed by atoms with Crippen LogP contribution in [0.4, 0.5) is 11.5 Å². The SMILES string of the molecule is COc1ccccc1NC(=O)CCNc1cc(C)on1. The van der Waals surface area contributed by atoms with Crippen LogP contribution in [0.25, 0.3) is 0 Å². The Morgan fingerprint density at radius 2 is 2.20 bits per heavy atom. The second kappa shape index (κ2) is 6.60. The second-order valence-corrected chi connectivity index (χ2v) is 4.25. The molecule has 2 rings (SSSR count). The average molecular weight is 275 g/mol. The molecule has 0 saturated carbocycles. The number of hydrogen-bond acceptors (Lipinski definition) is 5. The first-order valence-electron chi connectivity index (χ1n) is 6.29. The minimum Gasteiger partial charge on any atom is -0.495 e. The quantitative estimate of drug-likeness (QED) is 0.846. The van der Waals surface area contributed by atoms with E-state index in [1.54, 1.807) is 25.3 Å². The van der Waals surface area contributed by atoms with Crippen LogP contribution >= 0.6 is 0 Å². The molecule has 0 fully saturated rings. The topological polar surface area (TPSA) is 76.4 Å². The monoisotopic (exact) mass is 275 g/mol. The molecular formula is C14H17N3O3. The summed E-state index contributed by atoms with van der Waals surface area (Å²) in [6.07, 6.45) is 0.323. The number of para-hydroxylation sites is 2. The first-order valence-corrected chi connectivity index (χ1v) is 6.29. The van der Waals surface area contributed by atoms with Crippen molar-refractivity contribution in [2.45, 2.75) is 13.3 Å². The van der Waals surface area contributed by atoms with E-state index in [2.05, 4.69) is 15.8 Å². The minimum atomic E-state index is -0.0952. The van der Waals surface area contributed by atoms with Crippen LogP contribution in [0.3, 0.4) is 0 Å². The fourth-order valence-corrected chi connectivity index (χ4v) is 1.71. The molecule has 0 unspecified atom stereocenters. The number of methoxy groups -OCH3 is 1. The van der Waals surface area contributed by atoms with Crippen molar-refractivity contribution < 1.29 is 14.1 Å². The van der Waals surface area contributed by atoms with Crippen LogP contribution in [-0.2, 0) is 4.79 Å². The van der Waals surface area contributed by atoms with Crippen molar-refractivity contribution in [1.82, 2.24) is 5.16 Å². The number of ether oxygens (including phenoxy) is 1. The lowest BCUT2D eigenvalue weighted by atomic mass is 10.3. The van der Waals surface area contributed by atoms with Gasteiger partial charge in [-0.25, -0.2) is 0 Å². The van der Waals surface area contributed by atoms with Crippen molar-refractivity contribution in [2.75, 3.05) is 24.3 Å². The molecule has 6 heteroatoms. The van der Waals surface area contributed by atoms with Gasteiger partial charge >= 0.3 is 0 Å². The third-order valence-corrected chi connectivity index (χ3v) is 2.67. The van der Waals surface area contributed by atoms with Crippen molar-refractivity contribution in [3.8, 4) is 5.75 Å². The molecule has 0 saturated heterocycles. The zero-order valence-corrected chi connectivity index (χ0v) is 11.5. The van der Waals surface area contributed by atoms with Gasteiger partial charge in [0.2, 0.25) is 5.91 Å². The van der Waals surface area contributed by atoms with E-state index in [0.29, 0.717) is 30.2 Å². The molecule has 106 valence electrons. The maximum atomic E-state index is 11.8. The summed E-state index contributed by atoms with van der Waals surface area (Å²) in [6.45, 7) is 2.29. The summed E-state index contributed by atoms with van der Waals surface area (Å²) < 4.78 is 10.1. The van der Waals surface area contributed by atoms with E-state index in [1.807, 2.05) is 19.1 Å². The predicted molar refractivity (Wildman–Crippen MR) is 76.0 cm³/mol. The van der Waals surface area contributed by atoms with Crippen molar-refractivity contribution in [3.05, 3.63) is 36.1 Å². The van der Waals surface area contributed by atoms with Gasteiger partial charge in [0, 0.05) is 19.0 Å². The molecule has 0 spiro atoms. The van der Waals surface area contributed by atoms with Crippen LogP contribution in [0.5, 0.6) is 5.75 Å². The summed E-state index contributed by atoms with van der Waals surface area (Å²) in [7, 11) is 1.57. The van der Waals surface area contributed by atoms with E-state index < -0.39 is 0 Å². The van der Waals surface area contributed by atoms with E-state index >= 15 is 0 Å². The zero-order chi connectivity index (χ0) is 14.4. The van der Waals surface area contributed by atoms with Gasteiger partial charge in [0.25, 0.3) is 0 Å². The number of carbonyl (C=O) groups is 1. The lowest BCUT2D eigenvalue weighted by molar-refractivity contribution is -0.116. The van der Waals surface area contributed by atoms with Crippen LogP contribution < -0.4 is 15.4 Å². The summed E-state index contributed by atoms with van der Waals surface area (Å²) in [5.41, 5.74) is 0.664. The number of rotatable bonds is 6. The second-order valence-electron chi connectivity index (χ2n) is 4.25. The first kappa shape index (κ1) is 13.9. The summed E-state index contributed by atoms with van der Waals surface area (Å²) in [4.78, 5) is 11.8. The van der Waals surface area contributed by atoms with E-state index in [-0.39, 0.29) is 5.91 Å². The van der Waals surface area contributed by atoms with Crippen molar-refractivity contribution in [3.63, 3.8) is 0 Å². The Bertz CT molecular complexity index is 581. The average Bonchev–Trinajstić information content (AvgIpc) is 2.85. The van der Waals surface area contributed by atoms with Gasteiger partial charge in [-0.15, -0.1) is 0 Å². The van der Waals surface area contributed by atoms with Crippen molar-refractivity contribution >= 4 is 17.4 Å². The lowest BCUT2D eigenvalue weighted by Crippen LogP contribution is -2.16. The summed E-state index contributed by atoms with van der Waals surface area (Å²) in [5, 5.41) is 9.61. The molecule has 6 nitrogen and oxygen atoms in total. The molecule has 0 aliphatic rings. The molecule has 1 amide bonds. The zero-order valence-electron chi connectivity index (χ0n) is 11.5. The number of benzene rings is 1. The van der Waals surface area contributed by atoms with Crippen molar-refractivity contribution in [2.24, 2.45) is 0 Å². The van der Waals surface area contributed by atoms with Gasteiger partial charge in [0.1, 0.15) is 11.5 Å². The molecule has 0 atom stereocenters. The summed E-state index contributed by atoms with van der Waals surface area (Å²) in [6, 6.07) is 9.06. The molecule has 0 aliphatic heterocycles. The van der Waals surface area contributed by atoms with E-state index in [9.17, 15) is 4.79 Å². The third-order valence-electron chi connectivity index (χ3n) is 2.67. The fraction of sp³-hybridized carbons (Fsp3) is 0.286. The largest absolute Gasteiger partial charge is 0.495 e. The molecule has 2 N–H and O–H groups in total. The highest BCUT2D eigenvalue weighted by Crippen LogP contribution is 2.22. The smallest absolute Gasteiger partial charge is 0.226 e. The number of nitrogens with zero attached hydrogens (tertiary/aromatic N) is 1. The van der Waals surface area contributed by atoms with Crippen LogP contribution in [0.2, 0.25) is 0 Å². The molecule has 0 radical (unpaired) electrons. The van der Waals surface area contributed by atoms with Crippen LogP contribution in [-0.4, -0.2) is 24.7 Å². The Morgan fingerprint density at radius 1 is 1.40 bits per heavy atom. The normalized spacial score (nSPS) is 10.1. The van der Waals surface area contributed by atoms with Gasteiger partial charge < -0.3 is 19.9 Å². The Kier molecular flexibility index (Phi) is 4.60. The highest BCUT2D eigenvalue weighted by Gasteiger charge is 2.07. The third kappa shape index (κ3) is 3.74. The van der Waals surface area contributed by atoms with Gasteiger partial charge in [-0.2, -0.15) is 0 Å². The molecular weight excluding hydrogens is 258 g/mol. The van der Waals surface area contributed by atoms with Gasteiger partial charge in [-0.05, 0) is 19.1 Å². The molecule has 1 heterocycles. The molecule has 0 aliphatic carbocycles. The Labute approximate surface area is 117 Å². The Morgan fingerprint density at radius 3 is 2.90 bits per heavy atom. The Balaban J connectivity index is 1.80. The van der Waals surface area contributed by atoms with E-state index in [4.69, 9.17) is 9.26 Å². The number of amides is 1. The van der Waals surface area contributed by atoms with Gasteiger partial charge in [0.15, 0.2) is 5.82 Å². The van der Waals surface area contributed by atoms with Crippen LogP contribution in [0, 0.1) is 6.92 Å². The maximum absolute atomic E-state index is 11.8. The number of anilines is 2. The lowest BCUT2D eigenvalue weighted by Gasteiger charge is -2.09. The number of aromatic nitrogens is 1. The van der Waals surface area contributed by atoms with Crippen LogP contribution in [0.1, 0.15) is 12.2 Å². The highest BCUT2D eigenvalue weighted by molar-refractivity contribution is 5.92. The summed E-state index contributed by atoms with van der Waals surface area (Å²) >= 11 is 0. The molecule has 1 aromatic heterocycles. The number of hydrogen-bond donors (Lipinski definition) is 2. The standard InChI is InChI=1S/C14H17N3O3/c1-10-9-13(17-20-10)15-8-7-14(18)16-11-5-3-4-6-12(11)19-2/h3-6,9H,7-8H2,1-2H3,(H,15,17)(H,16,18). The van der Waals surface area contributed by atoms with Crippen molar-refractivity contribution in [1.29, 1.82) is 0 Å². The van der Waals surface area contributed by atoms with Gasteiger partial charge in [-0.1, -0.05) is 17.3 Å². The van der Waals surface area contributed by atoms with E-state index in [1.165, 1.54) is 0 Å². The maximum Gasteiger partial charge on any atom is 0.226 e. The number of nitrogens with one attached hydrogen (secondary N) is 2. The van der Waals surface area contributed by atoms with Crippen LogP contribution in [0.15, 0.2) is 34.9 Å². The Hall–Kier alpha value is -2.50. The first-order chi connectivity index (χ1) is 9.69. The van der Waals surface area contributed by atoms with Gasteiger partial charge in [-0.3, -0.25) is 4.79 Å². The summed E-state index contributed by atoms with van der Waals surface area (Å²) in [5.74, 6) is 1.90. The molecule has 0 bridgehead atoms. The molecule has 20 heavy (non-hydrogen) atoms.